The van der Waals surface area contributed by atoms with Crippen LogP contribution in [-0.4, -0.2) is 22.4 Å². The Kier molecular flexibility index (Phi) is 4.43. The molecule has 0 unspecified atom stereocenters. The molecule has 0 saturated heterocycles. The second-order valence-electron chi connectivity index (χ2n) is 4.47. The van der Waals surface area contributed by atoms with Crippen molar-refractivity contribution in [2.45, 2.75) is 20.0 Å². The molecule has 1 amide bonds. The van der Waals surface area contributed by atoms with Gasteiger partial charge in [-0.15, -0.1) is 0 Å². The third-order valence-corrected chi connectivity index (χ3v) is 3.60. The highest BCUT2D eigenvalue weighted by Gasteiger charge is 2.15. The molecule has 0 aliphatic carbocycles. The zero-order valence-electron chi connectivity index (χ0n) is 11.1. The number of rotatable bonds is 4. The molecule has 0 N–H and O–H groups in total. The lowest BCUT2D eigenvalue weighted by Crippen LogP contribution is -2.28. The van der Waals surface area contributed by atoms with Crippen molar-refractivity contribution in [3.63, 3.8) is 0 Å². The maximum Gasteiger partial charge on any atom is 0.270 e. The van der Waals surface area contributed by atoms with E-state index in [1.54, 1.807) is 4.90 Å². The van der Waals surface area contributed by atoms with Gasteiger partial charge in [-0.25, -0.2) is 0 Å². The molecule has 0 atom stereocenters. The fraction of sp³-hybridized carbons (Fsp3) is 0.267. The Labute approximate surface area is 122 Å². The van der Waals surface area contributed by atoms with Crippen LogP contribution in [0.4, 0.5) is 0 Å². The van der Waals surface area contributed by atoms with Gasteiger partial charge in [-0.05, 0) is 36.8 Å². The molecule has 1 aromatic heterocycles. The normalized spacial score (nSPS) is 10.5. The fourth-order valence-electron chi connectivity index (χ4n) is 2.02. The lowest BCUT2D eigenvalue weighted by molar-refractivity contribution is 0.0774. The van der Waals surface area contributed by atoms with Crippen LogP contribution in [0.3, 0.4) is 0 Å². The van der Waals surface area contributed by atoms with E-state index in [0.29, 0.717) is 6.54 Å². The Bertz CT molecular complexity index is 560. The zero-order chi connectivity index (χ0) is 13.8. The van der Waals surface area contributed by atoms with Gasteiger partial charge < -0.3 is 9.47 Å². The molecule has 2 aromatic rings. The topological polar surface area (TPSA) is 25.2 Å². The highest BCUT2D eigenvalue weighted by Crippen LogP contribution is 2.13. The zero-order valence-corrected chi connectivity index (χ0v) is 12.7. The SMILES string of the molecule is CCn1cccc1C(=O)N(C)Cc1ccc(Br)cc1. The van der Waals surface area contributed by atoms with Gasteiger partial charge in [-0.1, -0.05) is 28.1 Å². The standard InChI is InChI=1S/C15H17BrN2O/c1-3-18-10-4-5-14(18)15(19)17(2)11-12-6-8-13(16)9-7-12/h4-10H,3,11H2,1-2H3. The Hall–Kier alpha value is -1.55. The van der Waals surface area contributed by atoms with Crippen molar-refractivity contribution < 1.29 is 4.79 Å². The van der Waals surface area contributed by atoms with E-state index >= 15 is 0 Å². The first kappa shape index (κ1) is 13.9. The lowest BCUT2D eigenvalue weighted by Gasteiger charge is -2.18. The molecule has 0 radical (unpaired) electrons. The summed E-state index contributed by atoms with van der Waals surface area (Å²) >= 11 is 3.41. The van der Waals surface area contributed by atoms with E-state index < -0.39 is 0 Å². The maximum atomic E-state index is 12.4. The van der Waals surface area contributed by atoms with Crippen molar-refractivity contribution in [1.29, 1.82) is 0 Å². The van der Waals surface area contributed by atoms with Crippen molar-refractivity contribution in [2.75, 3.05) is 7.05 Å². The van der Waals surface area contributed by atoms with Gasteiger partial charge in [0.15, 0.2) is 0 Å². The van der Waals surface area contributed by atoms with Crippen LogP contribution in [0.25, 0.3) is 0 Å². The predicted molar refractivity (Wildman–Crippen MR) is 80.0 cm³/mol. The van der Waals surface area contributed by atoms with Gasteiger partial charge in [0.1, 0.15) is 5.69 Å². The second kappa shape index (κ2) is 6.06. The lowest BCUT2D eigenvalue weighted by atomic mass is 10.2. The quantitative estimate of drug-likeness (QED) is 0.845. The Morgan fingerprint density at radius 1 is 1.26 bits per heavy atom. The molecule has 1 aromatic carbocycles. The van der Waals surface area contributed by atoms with Crippen LogP contribution in [0, 0.1) is 0 Å². The maximum absolute atomic E-state index is 12.4. The van der Waals surface area contributed by atoms with Crippen LogP contribution in [0.1, 0.15) is 23.0 Å². The summed E-state index contributed by atoms with van der Waals surface area (Å²) in [5.74, 6) is 0.0507. The third-order valence-electron chi connectivity index (χ3n) is 3.07. The Balaban J connectivity index is 2.09. The number of carbonyl (C=O) groups excluding carboxylic acids is 1. The first-order valence-corrected chi connectivity index (χ1v) is 7.06. The summed E-state index contributed by atoms with van der Waals surface area (Å²) in [5.41, 5.74) is 1.86. The summed E-state index contributed by atoms with van der Waals surface area (Å²) in [6, 6.07) is 11.8. The largest absolute Gasteiger partial charge is 0.344 e. The van der Waals surface area contributed by atoms with Gasteiger partial charge in [-0.2, -0.15) is 0 Å². The minimum atomic E-state index is 0.0507. The van der Waals surface area contributed by atoms with E-state index in [1.165, 1.54) is 0 Å². The number of nitrogens with zero attached hydrogens (tertiary/aromatic N) is 2. The molecule has 0 bridgehead atoms. The van der Waals surface area contributed by atoms with Crippen LogP contribution < -0.4 is 0 Å². The molecular weight excluding hydrogens is 304 g/mol. The molecule has 0 saturated carbocycles. The second-order valence-corrected chi connectivity index (χ2v) is 5.38. The number of amides is 1. The van der Waals surface area contributed by atoms with Crippen molar-refractivity contribution in [1.82, 2.24) is 9.47 Å². The number of benzene rings is 1. The summed E-state index contributed by atoms with van der Waals surface area (Å²) in [5, 5.41) is 0. The van der Waals surface area contributed by atoms with Crippen LogP contribution in [0.2, 0.25) is 0 Å². The number of hydrogen-bond acceptors (Lipinski definition) is 1. The number of hydrogen-bond donors (Lipinski definition) is 0. The molecule has 3 nitrogen and oxygen atoms in total. The molecule has 0 aliphatic rings. The van der Waals surface area contributed by atoms with Gasteiger partial charge >= 0.3 is 0 Å². The Morgan fingerprint density at radius 2 is 1.95 bits per heavy atom. The minimum Gasteiger partial charge on any atom is -0.344 e. The fourth-order valence-corrected chi connectivity index (χ4v) is 2.28. The summed E-state index contributed by atoms with van der Waals surface area (Å²) < 4.78 is 3.01. The number of aryl methyl sites for hydroxylation is 1. The van der Waals surface area contributed by atoms with E-state index in [2.05, 4.69) is 15.9 Å². The molecule has 2 rings (SSSR count). The molecule has 1 heterocycles. The van der Waals surface area contributed by atoms with Crippen LogP contribution >= 0.6 is 15.9 Å². The highest BCUT2D eigenvalue weighted by atomic mass is 79.9. The van der Waals surface area contributed by atoms with E-state index in [9.17, 15) is 4.79 Å². The van der Waals surface area contributed by atoms with Crippen LogP contribution in [-0.2, 0) is 13.1 Å². The van der Waals surface area contributed by atoms with Gasteiger partial charge in [0.2, 0.25) is 0 Å². The van der Waals surface area contributed by atoms with Gasteiger partial charge in [0.25, 0.3) is 5.91 Å². The molecule has 100 valence electrons. The summed E-state index contributed by atoms with van der Waals surface area (Å²) in [4.78, 5) is 14.1. The molecule has 0 aliphatic heterocycles. The van der Waals surface area contributed by atoms with Crippen molar-refractivity contribution in [3.05, 3.63) is 58.3 Å². The molecule has 0 fully saturated rings. The predicted octanol–water partition coefficient (Wildman–Crippen LogP) is 3.54. The van der Waals surface area contributed by atoms with Gasteiger partial charge in [0, 0.05) is 30.8 Å². The summed E-state index contributed by atoms with van der Waals surface area (Å²) in [6.07, 6.45) is 1.93. The third kappa shape index (κ3) is 3.26. The molecular formula is C15H17BrN2O. The van der Waals surface area contributed by atoms with Crippen LogP contribution in [0.15, 0.2) is 47.1 Å². The van der Waals surface area contributed by atoms with E-state index in [1.807, 2.05) is 61.1 Å². The van der Waals surface area contributed by atoms with E-state index in [-0.39, 0.29) is 5.91 Å². The number of halogens is 1. The number of aromatic nitrogens is 1. The molecule has 19 heavy (non-hydrogen) atoms. The number of carbonyl (C=O) groups is 1. The average molecular weight is 321 g/mol. The molecule has 4 heteroatoms. The summed E-state index contributed by atoms with van der Waals surface area (Å²) in [7, 11) is 1.83. The van der Waals surface area contributed by atoms with E-state index in [4.69, 9.17) is 0 Å². The Morgan fingerprint density at radius 3 is 2.58 bits per heavy atom. The smallest absolute Gasteiger partial charge is 0.270 e. The van der Waals surface area contributed by atoms with Crippen molar-refractivity contribution in [3.8, 4) is 0 Å². The van der Waals surface area contributed by atoms with E-state index in [0.717, 1.165) is 22.3 Å². The van der Waals surface area contributed by atoms with Gasteiger partial charge in [0.05, 0.1) is 0 Å². The first-order valence-electron chi connectivity index (χ1n) is 6.27. The monoisotopic (exact) mass is 320 g/mol. The first-order chi connectivity index (χ1) is 9.11. The summed E-state index contributed by atoms with van der Waals surface area (Å²) in [6.45, 7) is 3.45. The minimum absolute atomic E-state index is 0.0507. The molecule has 0 spiro atoms. The van der Waals surface area contributed by atoms with Crippen LogP contribution in [0.5, 0.6) is 0 Å². The van der Waals surface area contributed by atoms with Crippen molar-refractivity contribution in [2.24, 2.45) is 0 Å². The average Bonchev–Trinajstić information content (AvgIpc) is 2.88. The highest BCUT2D eigenvalue weighted by molar-refractivity contribution is 9.10. The van der Waals surface area contributed by atoms with Gasteiger partial charge in [-0.3, -0.25) is 4.79 Å². The van der Waals surface area contributed by atoms with Crippen molar-refractivity contribution >= 4 is 21.8 Å².